The number of hydrogen-bond donors (Lipinski definition) is 0. The molecule has 22 heavy (non-hydrogen) atoms. The van der Waals surface area contributed by atoms with Crippen molar-refractivity contribution in [3.05, 3.63) is 0 Å². The first-order valence-electron chi connectivity index (χ1n) is 8.39. The van der Waals surface area contributed by atoms with Crippen LogP contribution in [0.3, 0.4) is 0 Å². The molecule has 2 aliphatic heterocycles. The van der Waals surface area contributed by atoms with Crippen LogP contribution >= 0.6 is 0 Å². The fourth-order valence-corrected chi connectivity index (χ4v) is 4.63. The number of nitriles is 1. The molecule has 5 nitrogen and oxygen atoms in total. The smallest absolute Gasteiger partial charge is 0.152 e. The molecule has 0 radical (unpaired) electrons. The van der Waals surface area contributed by atoms with E-state index in [1.54, 1.807) is 0 Å². The van der Waals surface area contributed by atoms with Crippen LogP contribution in [-0.2, 0) is 9.84 Å². The molecule has 0 bridgehead atoms. The van der Waals surface area contributed by atoms with Crippen molar-refractivity contribution in [1.82, 2.24) is 9.80 Å². The summed E-state index contributed by atoms with van der Waals surface area (Å²) in [4.78, 5) is 4.86. The van der Waals surface area contributed by atoms with Crippen LogP contribution in [0.25, 0.3) is 0 Å². The lowest BCUT2D eigenvalue weighted by Crippen LogP contribution is -2.50. The van der Waals surface area contributed by atoms with Crippen LogP contribution in [-0.4, -0.2) is 68.5 Å². The van der Waals surface area contributed by atoms with Gasteiger partial charge in [0.15, 0.2) is 9.84 Å². The van der Waals surface area contributed by atoms with E-state index >= 15 is 0 Å². The predicted octanol–water partition coefficient (Wildman–Crippen LogP) is 1.51. The van der Waals surface area contributed by atoms with E-state index in [-0.39, 0.29) is 5.41 Å². The number of likely N-dealkylation sites (tertiary alicyclic amines) is 1. The fourth-order valence-electron chi connectivity index (χ4n) is 3.40. The molecule has 126 valence electrons. The fraction of sp³-hybridized carbons (Fsp3) is 0.938. The summed E-state index contributed by atoms with van der Waals surface area (Å²) in [6.07, 6.45) is 4.31. The highest BCUT2D eigenvalue weighted by molar-refractivity contribution is 7.91. The van der Waals surface area contributed by atoms with E-state index in [1.807, 2.05) is 13.8 Å². The average molecular weight is 327 g/mol. The second-order valence-corrected chi connectivity index (χ2v) is 9.66. The molecule has 2 fully saturated rings. The Balaban J connectivity index is 1.67. The Hall–Kier alpha value is -0.640. The third-order valence-electron chi connectivity index (χ3n) is 5.03. The Morgan fingerprint density at radius 1 is 1.14 bits per heavy atom. The van der Waals surface area contributed by atoms with Gasteiger partial charge in [-0.05, 0) is 59.2 Å². The van der Waals surface area contributed by atoms with Crippen molar-refractivity contribution in [2.75, 3.05) is 44.2 Å². The maximum Gasteiger partial charge on any atom is 0.152 e. The summed E-state index contributed by atoms with van der Waals surface area (Å²) in [6, 6.07) is 2.92. The van der Waals surface area contributed by atoms with E-state index in [1.165, 1.54) is 0 Å². The van der Waals surface area contributed by atoms with Gasteiger partial charge in [0.1, 0.15) is 0 Å². The summed E-state index contributed by atoms with van der Waals surface area (Å²) in [5.74, 6) is 0.660. The maximum atomic E-state index is 11.5. The van der Waals surface area contributed by atoms with Gasteiger partial charge < -0.3 is 4.90 Å². The molecule has 2 aliphatic rings. The monoisotopic (exact) mass is 327 g/mol. The van der Waals surface area contributed by atoms with Gasteiger partial charge in [-0.2, -0.15) is 5.26 Å². The summed E-state index contributed by atoms with van der Waals surface area (Å²) in [5.41, 5.74) is -0.211. The van der Waals surface area contributed by atoms with Gasteiger partial charge in [-0.15, -0.1) is 0 Å². The molecule has 0 atom stereocenters. The van der Waals surface area contributed by atoms with Crippen LogP contribution in [0.15, 0.2) is 0 Å². The Morgan fingerprint density at radius 3 is 2.27 bits per heavy atom. The van der Waals surface area contributed by atoms with Crippen molar-refractivity contribution in [2.24, 2.45) is 5.41 Å². The number of piperidine rings is 1. The first-order chi connectivity index (χ1) is 10.3. The van der Waals surface area contributed by atoms with E-state index < -0.39 is 9.84 Å². The first kappa shape index (κ1) is 17.7. The SMILES string of the molecule is CC(C)(C#N)CCCN1CCC(N2CCS(=O)(=O)CC2)CC1. The van der Waals surface area contributed by atoms with Crippen molar-refractivity contribution in [3.63, 3.8) is 0 Å². The summed E-state index contributed by atoms with van der Waals surface area (Å²) in [7, 11) is -2.77. The van der Waals surface area contributed by atoms with Crippen LogP contribution in [0, 0.1) is 16.7 Å². The second-order valence-electron chi connectivity index (χ2n) is 7.36. The third-order valence-corrected chi connectivity index (χ3v) is 6.64. The van der Waals surface area contributed by atoms with Crippen molar-refractivity contribution in [2.45, 2.75) is 45.6 Å². The molecule has 2 heterocycles. The van der Waals surface area contributed by atoms with Gasteiger partial charge in [-0.3, -0.25) is 4.90 Å². The summed E-state index contributed by atoms with van der Waals surface area (Å²) in [5, 5.41) is 9.03. The topological polar surface area (TPSA) is 64.4 Å². The molecule has 0 aromatic rings. The maximum absolute atomic E-state index is 11.5. The molecule has 0 amide bonds. The van der Waals surface area contributed by atoms with Crippen molar-refractivity contribution < 1.29 is 8.42 Å². The zero-order valence-electron chi connectivity index (χ0n) is 13.9. The highest BCUT2D eigenvalue weighted by Crippen LogP contribution is 2.23. The summed E-state index contributed by atoms with van der Waals surface area (Å²) >= 11 is 0. The van der Waals surface area contributed by atoms with Gasteiger partial charge in [0, 0.05) is 19.1 Å². The Bertz CT molecular complexity index is 488. The molecule has 2 saturated heterocycles. The van der Waals surface area contributed by atoms with Gasteiger partial charge in [-0.25, -0.2) is 8.42 Å². The quantitative estimate of drug-likeness (QED) is 0.766. The molecule has 0 aromatic carbocycles. The van der Waals surface area contributed by atoms with Gasteiger partial charge in [0.2, 0.25) is 0 Å². The molecular formula is C16H29N3O2S. The zero-order chi connectivity index (χ0) is 16.2. The molecule has 2 rings (SSSR count). The van der Waals surface area contributed by atoms with Crippen LogP contribution in [0.1, 0.15) is 39.5 Å². The van der Waals surface area contributed by atoms with E-state index in [0.29, 0.717) is 30.6 Å². The molecular weight excluding hydrogens is 298 g/mol. The second kappa shape index (κ2) is 7.29. The van der Waals surface area contributed by atoms with E-state index in [2.05, 4.69) is 15.9 Å². The van der Waals surface area contributed by atoms with E-state index in [4.69, 9.17) is 5.26 Å². The normalized spacial score (nSPS) is 25.0. The largest absolute Gasteiger partial charge is 0.303 e. The van der Waals surface area contributed by atoms with Gasteiger partial charge in [0.05, 0.1) is 23.0 Å². The number of hydrogen-bond acceptors (Lipinski definition) is 5. The number of sulfone groups is 1. The molecule has 0 unspecified atom stereocenters. The summed E-state index contributed by atoms with van der Waals surface area (Å²) < 4.78 is 23.0. The summed E-state index contributed by atoms with van der Waals surface area (Å²) in [6.45, 7) is 8.70. The molecule has 0 aliphatic carbocycles. The first-order valence-corrected chi connectivity index (χ1v) is 10.2. The lowest BCUT2D eigenvalue weighted by Gasteiger charge is -2.40. The highest BCUT2D eigenvalue weighted by atomic mass is 32.2. The van der Waals surface area contributed by atoms with Crippen LogP contribution in [0.4, 0.5) is 0 Å². The standard InChI is InChI=1S/C16H29N3O2S/c1-16(2,14-17)6-3-7-18-8-4-15(5-9-18)19-10-12-22(20,21)13-11-19/h15H,3-13H2,1-2H3. The molecule has 6 heteroatoms. The highest BCUT2D eigenvalue weighted by Gasteiger charge is 2.29. The minimum absolute atomic E-state index is 0.211. The lowest BCUT2D eigenvalue weighted by atomic mass is 9.89. The average Bonchev–Trinajstić information content (AvgIpc) is 2.48. The van der Waals surface area contributed by atoms with Crippen LogP contribution in [0.2, 0.25) is 0 Å². The minimum Gasteiger partial charge on any atom is -0.303 e. The lowest BCUT2D eigenvalue weighted by molar-refractivity contribution is 0.112. The van der Waals surface area contributed by atoms with Crippen molar-refractivity contribution in [3.8, 4) is 6.07 Å². The van der Waals surface area contributed by atoms with Crippen LogP contribution < -0.4 is 0 Å². The molecule has 0 aromatic heterocycles. The minimum atomic E-state index is -2.77. The Labute approximate surface area is 135 Å². The Morgan fingerprint density at radius 2 is 1.73 bits per heavy atom. The molecule has 0 saturated carbocycles. The predicted molar refractivity (Wildman–Crippen MR) is 88.3 cm³/mol. The van der Waals surface area contributed by atoms with Gasteiger partial charge in [-0.1, -0.05) is 0 Å². The van der Waals surface area contributed by atoms with Crippen molar-refractivity contribution in [1.29, 1.82) is 5.26 Å². The van der Waals surface area contributed by atoms with E-state index in [0.717, 1.165) is 45.3 Å². The number of rotatable bonds is 5. The van der Waals surface area contributed by atoms with E-state index in [9.17, 15) is 8.42 Å². The number of nitrogens with zero attached hydrogens (tertiary/aromatic N) is 3. The van der Waals surface area contributed by atoms with Crippen LogP contribution in [0.5, 0.6) is 0 Å². The van der Waals surface area contributed by atoms with Gasteiger partial charge in [0.25, 0.3) is 0 Å². The Kier molecular flexibility index (Phi) is 5.87. The van der Waals surface area contributed by atoms with Crippen molar-refractivity contribution >= 4 is 9.84 Å². The third kappa shape index (κ3) is 5.22. The molecule has 0 spiro atoms. The van der Waals surface area contributed by atoms with Gasteiger partial charge >= 0.3 is 0 Å². The molecule has 0 N–H and O–H groups in total. The zero-order valence-corrected chi connectivity index (χ0v) is 14.7.